The molecule has 1 aliphatic heterocycles. The SMILES string of the molecule is CN1CCCC(CNC(=O)c2c(F)cccc2Br)C1. The Morgan fingerprint density at radius 3 is 3.05 bits per heavy atom. The third-order valence-corrected chi connectivity index (χ3v) is 4.12. The van der Waals surface area contributed by atoms with Crippen LogP contribution < -0.4 is 5.32 Å². The van der Waals surface area contributed by atoms with E-state index in [1.54, 1.807) is 12.1 Å². The number of halogens is 2. The van der Waals surface area contributed by atoms with E-state index in [0.717, 1.165) is 25.9 Å². The van der Waals surface area contributed by atoms with Gasteiger partial charge in [-0.25, -0.2) is 4.39 Å². The quantitative estimate of drug-likeness (QED) is 0.925. The molecule has 0 bridgehead atoms. The Labute approximate surface area is 121 Å². The molecule has 0 spiro atoms. The number of nitrogens with one attached hydrogen (secondary N) is 1. The van der Waals surface area contributed by atoms with Crippen molar-refractivity contribution >= 4 is 21.8 Å². The molecule has 1 N–H and O–H groups in total. The zero-order chi connectivity index (χ0) is 13.8. The number of hydrogen-bond acceptors (Lipinski definition) is 2. The molecular weight excluding hydrogens is 311 g/mol. The summed E-state index contributed by atoms with van der Waals surface area (Å²) in [6.07, 6.45) is 2.27. The van der Waals surface area contributed by atoms with Crippen molar-refractivity contribution in [3.05, 3.63) is 34.1 Å². The minimum Gasteiger partial charge on any atom is -0.352 e. The molecule has 0 aliphatic carbocycles. The molecule has 1 heterocycles. The monoisotopic (exact) mass is 328 g/mol. The Balaban J connectivity index is 1.94. The number of piperidine rings is 1. The summed E-state index contributed by atoms with van der Waals surface area (Å²) in [4.78, 5) is 14.3. The summed E-state index contributed by atoms with van der Waals surface area (Å²) in [6.45, 7) is 2.70. The number of nitrogens with zero attached hydrogens (tertiary/aromatic N) is 1. The van der Waals surface area contributed by atoms with Crippen LogP contribution in [0.25, 0.3) is 0 Å². The largest absolute Gasteiger partial charge is 0.352 e. The molecule has 1 fully saturated rings. The topological polar surface area (TPSA) is 32.3 Å². The predicted molar refractivity (Wildman–Crippen MR) is 76.7 cm³/mol. The van der Waals surface area contributed by atoms with Gasteiger partial charge in [0.2, 0.25) is 0 Å². The Morgan fingerprint density at radius 1 is 1.58 bits per heavy atom. The first-order valence-electron chi connectivity index (χ1n) is 6.48. The van der Waals surface area contributed by atoms with Crippen molar-refractivity contribution in [3.8, 4) is 0 Å². The van der Waals surface area contributed by atoms with Crippen LogP contribution >= 0.6 is 15.9 Å². The molecule has 1 aromatic rings. The molecule has 1 saturated heterocycles. The second kappa shape index (κ2) is 6.48. The highest BCUT2D eigenvalue weighted by molar-refractivity contribution is 9.10. The Hall–Kier alpha value is -0.940. The van der Waals surface area contributed by atoms with E-state index < -0.39 is 5.82 Å². The number of carbonyl (C=O) groups is 1. The summed E-state index contributed by atoms with van der Waals surface area (Å²) >= 11 is 3.21. The van der Waals surface area contributed by atoms with Gasteiger partial charge in [-0.1, -0.05) is 6.07 Å². The summed E-state index contributed by atoms with van der Waals surface area (Å²) in [5.74, 6) is -0.390. The van der Waals surface area contributed by atoms with Crippen molar-refractivity contribution in [2.45, 2.75) is 12.8 Å². The molecule has 1 aromatic carbocycles. The standard InChI is InChI=1S/C14H18BrFN2O/c1-18-7-3-4-10(9-18)8-17-14(19)13-11(15)5-2-6-12(13)16/h2,5-6,10H,3-4,7-9H2,1H3,(H,17,19). The van der Waals surface area contributed by atoms with Crippen LogP contribution in [0.1, 0.15) is 23.2 Å². The minimum absolute atomic E-state index is 0.0895. The summed E-state index contributed by atoms with van der Waals surface area (Å²) < 4.78 is 14.1. The Morgan fingerprint density at radius 2 is 2.37 bits per heavy atom. The second-order valence-electron chi connectivity index (χ2n) is 5.08. The van der Waals surface area contributed by atoms with Crippen molar-refractivity contribution in [2.24, 2.45) is 5.92 Å². The fourth-order valence-electron chi connectivity index (χ4n) is 2.48. The van der Waals surface area contributed by atoms with Crippen LogP contribution in [0.2, 0.25) is 0 Å². The number of carbonyl (C=O) groups excluding carboxylic acids is 1. The molecule has 19 heavy (non-hydrogen) atoms. The van der Waals surface area contributed by atoms with Crippen LogP contribution in [0.4, 0.5) is 4.39 Å². The number of likely N-dealkylation sites (tertiary alicyclic amines) is 1. The van der Waals surface area contributed by atoms with Crippen molar-refractivity contribution in [1.82, 2.24) is 10.2 Å². The molecule has 1 amide bonds. The van der Waals surface area contributed by atoms with E-state index >= 15 is 0 Å². The first-order valence-corrected chi connectivity index (χ1v) is 7.28. The van der Waals surface area contributed by atoms with E-state index in [2.05, 4.69) is 33.2 Å². The van der Waals surface area contributed by atoms with Gasteiger partial charge in [0.05, 0.1) is 5.56 Å². The zero-order valence-corrected chi connectivity index (χ0v) is 12.5. The lowest BCUT2D eigenvalue weighted by Gasteiger charge is -2.29. The molecule has 5 heteroatoms. The van der Waals surface area contributed by atoms with Crippen LogP contribution in [0.15, 0.2) is 22.7 Å². The van der Waals surface area contributed by atoms with Crippen molar-refractivity contribution in [3.63, 3.8) is 0 Å². The molecule has 0 aromatic heterocycles. The highest BCUT2D eigenvalue weighted by atomic mass is 79.9. The van der Waals surface area contributed by atoms with Gasteiger partial charge in [0.15, 0.2) is 0 Å². The lowest BCUT2D eigenvalue weighted by molar-refractivity contribution is 0.0932. The normalized spacial score (nSPS) is 20.3. The van der Waals surface area contributed by atoms with Gasteiger partial charge in [0.1, 0.15) is 5.82 Å². The summed E-state index contributed by atoms with van der Waals surface area (Å²) in [6, 6.07) is 4.55. The highest BCUT2D eigenvalue weighted by Gasteiger charge is 2.20. The maximum absolute atomic E-state index is 13.6. The summed E-state index contributed by atoms with van der Waals surface area (Å²) in [7, 11) is 2.08. The van der Waals surface area contributed by atoms with Crippen LogP contribution in [0, 0.1) is 11.7 Å². The number of benzene rings is 1. The Bertz CT molecular complexity index is 447. The lowest BCUT2D eigenvalue weighted by atomic mass is 9.98. The van der Waals surface area contributed by atoms with E-state index in [1.165, 1.54) is 6.07 Å². The van der Waals surface area contributed by atoms with Gasteiger partial charge in [-0.3, -0.25) is 4.79 Å². The molecule has 1 unspecified atom stereocenters. The molecule has 104 valence electrons. The van der Waals surface area contributed by atoms with Crippen LogP contribution in [0.5, 0.6) is 0 Å². The third kappa shape index (κ3) is 3.76. The maximum atomic E-state index is 13.6. The van der Waals surface area contributed by atoms with Crippen LogP contribution in [-0.4, -0.2) is 37.5 Å². The minimum atomic E-state index is -0.493. The van der Waals surface area contributed by atoms with Gasteiger partial charge >= 0.3 is 0 Å². The van der Waals surface area contributed by atoms with Gasteiger partial charge in [-0.15, -0.1) is 0 Å². The molecule has 0 saturated carbocycles. The van der Waals surface area contributed by atoms with E-state index in [9.17, 15) is 9.18 Å². The zero-order valence-electron chi connectivity index (χ0n) is 11.0. The first kappa shape index (κ1) is 14.5. The maximum Gasteiger partial charge on any atom is 0.255 e. The fourth-order valence-corrected chi connectivity index (χ4v) is 3.00. The van der Waals surface area contributed by atoms with Gasteiger partial charge in [-0.05, 0) is 60.4 Å². The van der Waals surface area contributed by atoms with Crippen molar-refractivity contribution < 1.29 is 9.18 Å². The summed E-state index contributed by atoms with van der Waals surface area (Å²) in [5.41, 5.74) is 0.0895. The molecule has 1 atom stereocenters. The van der Waals surface area contributed by atoms with E-state index in [0.29, 0.717) is 16.9 Å². The highest BCUT2D eigenvalue weighted by Crippen LogP contribution is 2.20. The van der Waals surface area contributed by atoms with E-state index in [4.69, 9.17) is 0 Å². The van der Waals surface area contributed by atoms with E-state index in [-0.39, 0.29) is 11.5 Å². The van der Waals surface area contributed by atoms with Crippen LogP contribution in [-0.2, 0) is 0 Å². The third-order valence-electron chi connectivity index (χ3n) is 3.46. The van der Waals surface area contributed by atoms with Crippen molar-refractivity contribution in [2.75, 3.05) is 26.7 Å². The van der Waals surface area contributed by atoms with Gasteiger partial charge in [0, 0.05) is 17.6 Å². The van der Waals surface area contributed by atoms with Gasteiger partial charge in [-0.2, -0.15) is 0 Å². The van der Waals surface area contributed by atoms with Gasteiger partial charge in [0.25, 0.3) is 5.91 Å². The number of hydrogen-bond donors (Lipinski definition) is 1. The number of rotatable bonds is 3. The second-order valence-corrected chi connectivity index (χ2v) is 5.93. The molecular formula is C14H18BrFN2O. The average Bonchev–Trinajstić information content (AvgIpc) is 2.36. The molecule has 0 radical (unpaired) electrons. The molecule has 3 nitrogen and oxygen atoms in total. The van der Waals surface area contributed by atoms with Crippen molar-refractivity contribution in [1.29, 1.82) is 0 Å². The Kier molecular flexibility index (Phi) is 4.93. The number of amides is 1. The first-order chi connectivity index (χ1) is 9.08. The molecule has 2 rings (SSSR count). The predicted octanol–water partition coefficient (Wildman–Crippen LogP) is 2.66. The fraction of sp³-hybridized carbons (Fsp3) is 0.500. The average molecular weight is 329 g/mol. The van der Waals surface area contributed by atoms with Gasteiger partial charge < -0.3 is 10.2 Å². The smallest absolute Gasteiger partial charge is 0.255 e. The summed E-state index contributed by atoms with van der Waals surface area (Å²) in [5, 5.41) is 2.84. The lowest BCUT2D eigenvalue weighted by Crippen LogP contribution is -2.39. The van der Waals surface area contributed by atoms with Crippen LogP contribution in [0.3, 0.4) is 0 Å². The van der Waals surface area contributed by atoms with E-state index in [1.807, 2.05) is 0 Å². The molecule has 1 aliphatic rings.